The van der Waals surface area contributed by atoms with Crippen molar-refractivity contribution in [1.82, 2.24) is 28.9 Å². The van der Waals surface area contributed by atoms with Crippen LogP contribution in [0.3, 0.4) is 0 Å². The summed E-state index contributed by atoms with van der Waals surface area (Å²) in [6, 6.07) is 11.4. The Morgan fingerprint density at radius 2 is 1.36 bits per heavy atom. The molecule has 4 aromatic rings. The maximum absolute atomic E-state index is 13.7. The number of benzene rings is 2. The summed E-state index contributed by atoms with van der Waals surface area (Å²) in [5, 5.41) is 6.56. The predicted molar refractivity (Wildman–Crippen MR) is 199 cm³/mol. The van der Waals surface area contributed by atoms with Crippen molar-refractivity contribution >= 4 is 34.8 Å². The third kappa shape index (κ3) is 6.85. The van der Waals surface area contributed by atoms with Crippen LogP contribution in [-0.2, 0) is 40.0 Å². The summed E-state index contributed by atoms with van der Waals surface area (Å²) >= 11 is 7.01. The fourth-order valence-corrected chi connectivity index (χ4v) is 8.40. The van der Waals surface area contributed by atoms with E-state index >= 15 is 0 Å². The van der Waals surface area contributed by atoms with Crippen LogP contribution in [0, 0.1) is 12.8 Å². The van der Waals surface area contributed by atoms with Crippen molar-refractivity contribution in [3.8, 4) is 11.1 Å². The molecule has 2 N–H and O–H groups in total. The molecule has 1 aliphatic carbocycles. The van der Waals surface area contributed by atoms with Crippen LogP contribution in [0.5, 0.6) is 0 Å². The molecule has 1 saturated carbocycles. The number of amides is 2. The smallest absolute Gasteiger partial charge is 0.291 e. The van der Waals surface area contributed by atoms with Crippen LogP contribution in [0.25, 0.3) is 11.1 Å². The van der Waals surface area contributed by atoms with Gasteiger partial charge in [-0.15, -0.1) is 0 Å². The second-order valence-corrected chi connectivity index (χ2v) is 14.6. The van der Waals surface area contributed by atoms with E-state index in [4.69, 9.17) is 21.6 Å². The number of nitrogens with zero attached hydrogens (tertiary/aromatic N) is 6. The van der Waals surface area contributed by atoms with Gasteiger partial charge in [0, 0.05) is 75.8 Å². The largest absolute Gasteiger partial charge is 0.327 e. The first kappa shape index (κ1) is 34.5. The summed E-state index contributed by atoms with van der Waals surface area (Å²) in [7, 11) is 3.85. The first-order chi connectivity index (χ1) is 24.2. The zero-order valence-electron chi connectivity index (χ0n) is 29.8. The van der Waals surface area contributed by atoms with E-state index in [9.17, 15) is 9.59 Å². The minimum Gasteiger partial charge on any atom is -0.327 e. The number of halogens is 1. The Hall–Kier alpha value is -3.99. The normalized spacial score (nSPS) is 17.0. The molecule has 0 spiro atoms. The van der Waals surface area contributed by atoms with E-state index in [1.165, 1.54) is 38.5 Å². The fraction of sp³-hybridized carbons (Fsp3) is 0.487. The van der Waals surface area contributed by atoms with Crippen LogP contribution < -0.4 is 10.6 Å². The van der Waals surface area contributed by atoms with E-state index in [1.54, 1.807) is 0 Å². The number of hydrogen-bond donors (Lipinski definition) is 2. The average molecular weight is 697 g/mol. The maximum atomic E-state index is 13.7. The molecule has 2 amide bonds. The monoisotopic (exact) mass is 696 g/mol. The molecule has 0 unspecified atom stereocenters. The van der Waals surface area contributed by atoms with Crippen LogP contribution >= 0.6 is 11.6 Å². The van der Waals surface area contributed by atoms with Crippen molar-refractivity contribution < 1.29 is 9.59 Å². The Balaban J connectivity index is 1.05. The Morgan fingerprint density at radius 3 is 2.00 bits per heavy atom. The summed E-state index contributed by atoms with van der Waals surface area (Å²) < 4.78 is 3.86. The van der Waals surface area contributed by atoms with Crippen molar-refractivity contribution in [2.75, 3.05) is 36.8 Å². The number of likely N-dealkylation sites (N-methyl/N-ethyl adjacent to an activating group) is 1. The van der Waals surface area contributed by atoms with E-state index in [-0.39, 0.29) is 11.8 Å². The quantitative estimate of drug-likeness (QED) is 0.196. The van der Waals surface area contributed by atoms with Gasteiger partial charge in [0.1, 0.15) is 0 Å². The van der Waals surface area contributed by atoms with Gasteiger partial charge >= 0.3 is 0 Å². The molecule has 264 valence electrons. The van der Waals surface area contributed by atoms with Gasteiger partial charge in [0.05, 0.1) is 22.1 Å². The van der Waals surface area contributed by atoms with E-state index in [0.29, 0.717) is 28.0 Å². The van der Waals surface area contributed by atoms with Gasteiger partial charge in [-0.3, -0.25) is 19.4 Å². The highest BCUT2D eigenvalue weighted by Gasteiger charge is 2.28. The molecule has 50 heavy (non-hydrogen) atoms. The van der Waals surface area contributed by atoms with Crippen LogP contribution in [0.15, 0.2) is 36.4 Å². The standard InChI is InChI=1S/C39H49ClN8O2/c1-5-47-21-18-33-31(23-47)41-36(45(33)3)38(49)43-29-15-9-13-27(25(29)2)28-14-10-16-30(35(28)40)44-39(50)37-42-32-24-48(22-19-34(32)46(37)4)20-17-26-11-7-6-8-12-26/h9-10,13-16,26H,5-8,11-12,17-24H2,1-4H3,(H,43,49)(H,44,50). The molecule has 0 radical (unpaired) electrons. The minimum atomic E-state index is -0.285. The Kier molecular flexibility index (Phi) is 10.1. The second kappa shape index (κ2) is 14.7. The zero-order valence-corrected chi connectivity index (χ0v) is 30.6. The van der Waals surface area contributed by atoms with E-state index in [0.717, 1.165) is 97.5 Å². The van der Waals surface area contributed by atoms with Gasteiger partial charge in [-0.05, 0) is 55.6 Å². The number of hydrogen-bond acceptors (Lipinski definition) is 6. The van der Waals surface area contributed by atoms with Crippen molar-refractivity contribution in [2.24, 2.45) is 20.0 Å². The molecule has 2 aromatic heterocycles. The topological polar surface area (TPSA) is 100 Å². The Labute approximate surface area is 300 Å². The lowest BCUT2D eigenvalue weighted by molar-refractivity contribution is 0.100. The minimum absolute atomic E-state index is 0.248. The Bertz CT molecular complexity index is 1910. The van der Waals surface area contributed by atoms with Crippen molar-refractivity contribution in [1.29, 1.82) is 0 Å². The lowest BCUT2D eigenvalue weighted by Gasteiger charge is -2.29. The number of rotatable bonds is 9. The molecule has 10 nitrogen and oxygen atoms in total. The van der Waals surface area contributed by atoms with E-state index in [1.807, 2.05) is 66.6 Å². The lowest BCUT2D eigenvalue weighted by atomic mass is 9.87. The summed E-state index contributed by atoms with van der Waals surface area (Å²) in [4.78, 5) is 41.5. The molecule has 2 aromatic carbocycles. The predicted octanol–water partition coefficient (Wildman–Crippen LogP) is 6.99. The summed E-state index contributed by atoms with van der Waals surface area (Å²) in [5.41, 5.74) is 7.90. The van der Waals surface area contributed by atoms with Gasteiger partial charge in [-0.2, -0.15) is 0 Å². The molecule has 2 aliphatic heterocycles. The van der Waals surface area contributed by atoms with Crippen LogP contribution in [0.2, 0.25) is 5.02 Å². The average Bonchev–Trinajstić information content (AvgIpc) is 3.65. The van der Waals surface area contributed by atoms with Crippen molar-refractivity contribution in [3.63, 3.8) is 0 Å². The number of fused-ring (bicyclic) bond motifs is 2. The molecule has 0 saturated heterocycles. The highest BCUT2D eigenvalue weighted by atomic mass is 35.5. The third-order valence-corrected chi connectivity index (χ3v) is 11.6. The van der Waals surface area contributed by atoms with Gasteiger partial charge < -0.3 is 19.8 Å². The number of carbonyl (C=O) groups is 2. The highest BCUT2D eigenvalue weighted by Crippen LogP contribution is 2.38. The number of aromatic nitrogens is 4. The van der Waals surface area contributed by atoms with Gasteiger partial charge in [0.15, 0.2) is 11.6 Å². The third-order valence-electron chi connectivity index (χ3n) is 11.2. The fourth-order valence-electron chi connectivity index (χ4n) is 8.13. The molecule has 11 heteroatoms. The number of carbonyl (C=O) groups excluding carboxylic acids is 2. The Morgan fingerprint density at radius 1 is 0.800 bits per heavy atom. The SMILES string of the molecule is CCN1CCc2c(nc(C(=O)Nc3cccc(-c4cccc(NC(=O)c5nc6c(n5C)CCN(CCC5CCCCC5)C6)c4Cl)c3C)n2C)C1. The van der Waals surface area contributed by atoms with Crippen molar-refractivity contribution in [2.45, 2.75) is 78.3 Å². The van der Waals surface area contributed by atoms with Crippen LogP contribution in [0.4, 0.5) is 11.4 Å². The highest BCUT2D eigenvalue weighted by molar-refractivity contribution is 6.36. The first-order valence-electron chi connectivity index (χ1n) is 18.3. The molecule has 4 heterocycles. The lowest BCUT2D eigenvalue weighted by Crippen LogP contribution is -2.33. The van der Waals surface area contributed by atoms with E-state index in [2.05, 4.69) is 27.4 Å². The van der Waals surface area contributed by atoms with Crippen molar-refractivity contribution in [3.05, 3.63) is 81.4 Å². The molecular weight excluding hydrogens is 648 g/mol. The van der Waals surface area contributed by atoms with Gasteiger partial charge in [0.25, 0.3) is 11.8 Å². The van der Waals surface area contributed by atoms with Gasteiger partial charge in [0.2, 0.25) is 0 Å². The molecule has 1 fully saturated rings. The number of anilines is 2. The van der Waals surface area contributed by atoms with Gasteiger partial charge in [-0.1, -0.05) is 74.9 Å². The molecule has 7 rings (SSSR count). The zero-order chi connectivity index (χ0) is 34.9. The number of nitrogens with one attached hydrogen (secondary N) is 2. The summed E-state index contributed by atoms with van der Waals surface area (Å²) in [5.74, 6) is 1.12. The summed E-state index contributed by atoms with van der Waals surface area (Å²) in [6.45, 7) is 9.67. The first-order valence-corrected chi connectivity index (χ1v) is 18.6. The molecule has 0 atom stereocenters. The number of imidazole rings is 2. The van der Waals surface area contributed by atoms with E-state index < -0.39 is 0 Å². The summed E-state index contributed by atoms with van der Waals surface area (Å²) in [6.07, 6.45) is 9.88. The molecule has 3 aliphatic rings. The molecular formula is C39H49ClN8O2. The van der Waals surface area contributed by atoms with Crippen LogP contribution in [0.1, 0.15) is 95.0 Å². The second-order valence-electron chi connectivity index (χ2n) is 14.3. The molecule has 0 bridgehead atoms. The van der Waals surface area contributed by atoms with Gasteiger partial charge in [-0.25, -0.2) is 9.97 Å². The maximum Gasteiger partial charge on any atom is 0.291 e. The van der Waals surface area contributed by atoms with Crippen LogP contribution in [-0.4, -0.2) is 66.9 Å².